The van der Waals surface area contributed by atoms with E-state index in [9.17, 15) is 0 Å². The van der Waals surface area contributed by atoms with E-state index in [1.54, 1.807) is 0 Å². The van der Waals surface area contributed by atoms with Crippen LogP contribution in [0.2, 0.25) is 0 Å². The highest BCUT2D eigenvalue weighted by molar-refractivity contribution is 7.10. The minimum absolute atomic E-state index is 0.258. The third-order valence-electron chi connectivity index (χ3n) is 3.62. The first-order chi connectivity index (χ1) is 9.70. The number of aryl methyl sites for hydroxylation is 2. The Bertz CT molecular complexity index is 535. The molecule has 0 aliphatic rings. The van der Waals surface area contributed by atoms with E-state index >= 15 is 0 Å². The standard InChI is InChI=1S/C17H23NOS/c1-14-6-3-4-7-16(14)12-18(9-5-10-19)13-17-15(2)8-11-20-17/h3-4,6-8,11,19H,5,9-10,12-13H2,1-2H3. The van der Waals surface area contributed by atoms with Crippen LogP contribution in [0.1, 0.15) is 28.0 Å². The van der Waals surface area contributed by atoms with Gasteiger partial charge in [-0.1, -0.05) is 24.3 Å². The van der Waals surface area contributed by atoms with Gasteiger partial charge in [0.25, 0.3) is 0 Å². The van der Waals surface area contributed by atoms with E-state index in [1.807, 2.05) is 11.3 Å². The van der Waals surface area contributed by atoms with Gasteiger partial charge < -0.3 is 5.11 Å². The molecule has 0 amide bonds. The van der Waals surface area contributed by atoms with Gasteiger partial charge in [-0.3, -0.25) is 4.90 Å². The second kappa shape index (κ2) is 7.58. The number of aliphatic hydroxyl groups is 1. The zero-order valence-corrected chi connectivity index (χ0v) is 13.1. The summed E-state index contributed by atoms with van der Waals surface area (Å²) in [6, 6.07) is 10.7. The summed E-state index contributed by atoms with van der Waals surface area (Å²) in [4.78, 5) is 3.86. The number of rotatable bonds is 7. The summed E-state index contributed by atoms with van der Waals surface area (Å²) in [5, 5.41) is 11.2. The molecule has 0 aliphatic carbocycles. The first kappa shape index (κ1) is 15.2. The molecule has 0 aliphatic heterocycles. The second-order valence-electron chi connectivity index (χ2n) is 5.24. The lowest BCUT2D eigenvalue weighted by atomic mass is 10.1. The summed E-state index contributed by atoms with van der Waals surface area (Å²) in [6.45, 7) is 7.44. The molecule has 2 aromatic rings. The predicted octanol–water partition coefficient (Wildman–Crippen LogP) is 3.75. The van der Waals surface area contributed by atoms with E-state index in [-0.39, 0.29) is 6.61 Å². The summed E-state index contributed by atoms with van der Waals surface area (Å²) < 4.78 is 0. The van der Waals surface area contributed by atoms with Crippen LogP contribution in [-0.2, 0) is 13.1 Å². The lowest BCUT2D eigenvalue weighted by Crippen LogP contribution is -2.25. The molecule has 1 N–H and O–H groups in total. The quantitative estimate of drug-likeness (QED) is 0.839. The summed E-state index contributed by atoms with van der Waals surface area (Å²) in [5.74, 6) is 0. The highest BCUT2D eigenvalue weighted by atomic mass is 32.1. The number of benzene rings is 1. The molecule has 3 heteroatoms. The van der Waals surface area contributed by atoms with Gasteiger partial charge in [-0.15, -0.1) is 11.3 Å². The van der Waals surface area contributed by atoms with Crippen LogP contribution in [0.3, 0.4) is 0 Å². The Balaban J connectivity index is 2.07. The maximum Gasteiger partial charge on any atom is 0.0443 e. The van der Waals surface area contributed by atoms with E-state index in [2.05, 4.69) is 54.5 Å². The van der Waals surface area contributed by atoms with Crippen LogP contribution >= 0.6 is 11.3 Å². The molecule has 2 nitrogen and oxygen atoms in total. The largest absolute Gasteiger partial charge is 0.396 e. The van der Waals surface area contributed by atoms with Crippen molar-refractivity contribution in [2.45, 2.75) is 33.4 Å². The Hall–Kier alpha value is -1.16. The number of thiophene rings is 1. The van der Waals surface area contributed by atoms with Crippen LogP contribution in [0.15, 0.2) is 35.7 Å². The summed E-state index contributed by atoms with van der Waals surface area (Å²) in [7, 11) is 0. The lowest BCUT2D eigenvalue weighted by Gasteiger charge is -2.23. The monoisotopic (exact) mass is 289 g/mol. The van der Waals surface area contributed by atoms with Crippen molar-refractivity contribution in [3.05, 3.63) is 57.3 Å². The van der Waals surface area contributed by atoms with Gasteiger partial charge in [0.1, 0.15) is 0 Å². The summed E-state index contributed by atoms with van der Waals surface area (Å²) >= 11 is 1.82. The maximum atomic E-state index is 9.09. The van der Waals surface area contributed by atoms with Crippen LogP contribution in [0.25, 0.3) is 0 Å². The minimum atomic E-state index is 0.258. The highest BCUT2D eigenvalue weighted by Crippen LogP contribution is 2.20. The zero-order chi connectivity index (χ0) is 14.4. The summed E-state index contributed by atoms with van der Waals surface area (Å²) in [5.41, 5.74) is 4.08. The van der Waals surface area contributed by atoms with Crippen molar-refractivity contribution in [2.24, 2.45) is 0 Å². The van der Waals surface area contributed by atoms with Gasteiger partial charge in [0.2, 0.25) is 0 Å². The van der Waals surface area contributed by atoms with Crippen molar-refractivity contribution in [1.29, 1.82) is 0 Å². The van der Waals surface area contributed by atoms with Gasteiger partial charge in [0.05, 0.1) is 0 Å². The van der Waals surface area contributed by atoms with E-state index in [0.29, 0.717) is 0 Å². The topological polar surface area (TPSA) is 23.5 Å². The molecule has 1 heterocycles. The van der Waals surface area contributed by atoms with E-state index < -0.39 is 0 Å². The molecule has 0 spiro atoms. The van der Waals surface area contributed by atoms with Gasteiger partial charge in [0.15, 0.2) is 0 Å². The fourth-order valence-corrected chi connectivity index (χ4v) is 3.25. The predicted molar refractivity (Wildman–Crippen MR) is 86.1 cm³/mol. The van der Waals surface area contributed by atoms with Crippen molar-refractivity contribution in [3.8, 4) is 0 Å². The Kier molecular flexibility index (Phi) is 5.77. The van der Waals surface area contributed by atoms with Crippen molar-refractivity contribution < 1.29 is 5.11 Å². The highest BCUT2D eigenvalue weighted by Gasteiger charge is 2.10. The SMILES string of the molecule is Cc1ccccc1CN(CCCO)Cc1sccc1C. The number of hydrogen-bond acceptors (Lipinski definition) is 3. The number of aliphatic hydroxyl groups excluding tert-OH is 1. The van der Waals surface area contributed by atoms with Crippen molar-refractivity contribution >= 4 is 11.3 Å². The molecule has 0 fully saturated rings. The van der Waals surface area contributed by atoms with Crippen molar-refractivity contribution in [2.75, 3.05) is 13.2 Å². The van der Waals surface area contributed by atoms with Crippen LogP contribution in [0.4, 0.5) is 0 Å². The minimum Gasteiger partial charge on any atom is -0.396 e. The third kappa shape index (κ3) is 4.17. The number of nitrogens with zero attached hydrogens (tertiary/aromatic N) is 1. The van der Waals surface area contributed by atoms with Crippen LogP contribution in [0, 0.1) is 13.8 Å². The maximum absolute atomic E-state index is 9.09. The molecule has 0 bridgehead atoms. The van der Waals surface area contributed by atoms with E-state index in [4.69, 9.17) is 5.11 Å². The molecular formula is C17H23NOS. The summed E-state index contributed by atoms with van der Waals surface area (Å²) in [6.07, 6.45) is 0.830. The molecule has 0 unspecified atom stereocenters. The fourth-order valence-electron chi connectivity index (χ4n) is 2.31. The molecule has 20 heavy (non-hydrogen) atoms. The Morgan fingerprint density at radius 1 is 1.05 bits per heavy atom. The van der Waals surface area contributed by atoms with E-state index in [0.717, 1.165) is 26.1 Å². The van der Waals surface area contributed by atoms with Gasteiger partial charge in [-0.05, 0) is 48.4 Å². The van der Waals surface area contributed by atoms with Crippen LogP contribution in [0.5, 0.6) is 0 Å². The van der Waals surface area contributed by atoms with Crippen molar-refractivity contribution in [1.82, 2.24) is 4.90 Å². The average molecular weight is 289 g/mol. The van der Waals surface area contributed by atoms with Gasteiger partial charge in [-0.25, -0.2) is 0 Å². The van der Waals surface area contributed by atoms with Crippen LogP contribution in [-0.4, -0.2) is 23.2 Å². The first-order valence-electron chi connectivity index (χ1n) is 7.11. The zero-order valence-electron chi connectivity index (χ0n) is 12.3. The fraction of sp³-hybridized carbons (Fsp3) is 0.412. The molecule has 0 saturated heterocycles. The van der Waals surface area contributed by atoms with Gasteiger partial charge in [0, 0.05) is 31.1 Å². The first-order valence-corrected chi connectivity index (χ1v) is 7.99. The van der Waals surface area contributed by atoms with Crippen LogP contribution < -0.4 is 0 Å². The Morgan fingerprint density at radius 3 is 2.50 bits per heavy atom. The average Bonchev–Trinajstić information content (AvgIpc) is 2.84. The molecule has 1 aromatic heterocycles. The third-order valence-corrected chi connectivity index (χ3v) is 4.63. The molecule has 0 saturated carbocycles. The molecule has 2 rings (SSSR count). The number of hydrogen-bond donors (Lipinski definition) is 1. The smallest absolute Gasteiger partial charge is 0.0443 e. The molecular weight excluding hydrogens is 266 g/mol. The normalized spacial score (nSPS) is 11.2. The lowest BCUT2D eigenvalue weighted by molar-refractivity contribution is 0.213. The molecule has 1 aromatic carbocycles. The second-order valence-corrected chi connectivity index (χ2v) is 6.24. The van der Waals surface area contributed by atoms with Gasteiger partial charge >= 0.3 is 0 Å². The molecule has 0 radical (unpaired) electrons. The Labute approximate surface area is 125 Å². The van der Waals surface area contributed by atoms with Crippen molar-refractivity contribution in [3.63, 3.8) is 0 Å². The molecule has 108 valence electrons. The van der Waals surface area contributed by atoms with E-state index in [1.165, 1.54) is 21.6 Å². The van der Waals surface area contributed by atoms with Gasteiger partial charge in [-0.2, -0.15) is 0 Å². The Morgan fingerprint density at radius 2 is 1.85 bits per heavy atom. The molecule has 0 atom stereocenters.